The van der Waals surface area contributed by atoms with Gasteiger partial charge in [-0.15, -0.1) is 0 Å². The van der Waals surface area contributed by atoms with Crippen molar-refractivity contribution in [1.82, 2.24) is 15.3 Å². The quantitative estimate of drug-likeness (QED) is 0.707. The summed E-state index contributed by atoms with van der Waals surface area (Å²) in [6.07, 6.45) is 3.94. The number of carbonyl (C=O) groups is 2. The van der Waals surface area contributed by atoms with Crippen LogP contribution in [0.3, 0.4) is 0 Å². The van der Waals surface area contributed by atoms with E-state index in [1.807, 2.05) is 6.92 Å². The van der Waals surface area contributed by atoms with Crippen LogP contribution in [-0.2, 0) is 16.0 Å². The maximum absolute atomic E-state index is 11.4. The van der Waals surface area contributed by atoms with Crippen molar-refractivity contribution < 1.29 is 19.4 Å². The van der Waals surface area contributed by atoms with Crippen LogP contribution < -0.4 is 10.1 Å². The monoisotopic (exact) mass is 267 g/mol. The van der Waals surface area contributed by atoms with Gasteiger partial charge >= 0.3 is 12.0 Å². The van der Waals surface area contributed by atoms with Gasteiger partial charge in [0.05, 0.1) is 13.0 Å². The van der Waals surface area contributed by atoms with E-state index in [1.165, 1.54) is 0 Å². The first kappa shape index (κ1) is 14.9. The van der Waals surface area contributed by atoms with Crippen molar-refractivity contribution in [3.05, 3.63) is 18.0 Å². The number of rotatable bonds is 8. The van der Waals surface area contributed by atoms with Crippen LogP contribution >= 0.6 is 0 Å². The van der Waals surface area contributed by atoms with Crippen molar-refractivity contribution >= 4 is 11.9 Å². The molecule has 0 saturated carbocycles. The maximum Gasteiger partial charge on any atom is 0.316 e. The van der Waals surface area contributed by atoms with Gasteiger partial charge in [0.15, 0.2) is 0 Å². The van der Waals surface area contributed by atoms with Gasteiger partial charge in [-0.1, -0.05) is 0 Å². The Hall–Kier alpha value is -2.18. The van der Waals surface area contributed by atoms with Gasteiger partial charge in [0.25, 0.3) is 0 Å². The summed E-state index contributed by atoms with van der Waals surface area (Å²) in [5, 5.41) is 11.0. The number of hydrogen-bond acceptors (Lipinski definition) is 5. The van der Waals surface area contributed by atoms with E-state index in [0.29, 0.717) is 19.0 Å². The first-order chi connectivity index (χ1) is 9.11. The van der Waals surface area contributed by atoms with Gasteiger partial charge in [-0.05, 0) is 18.9 Å². The molecule has 0 bridgehead atoms. The average molecular weight is 267 g/mol. The number of carbonyl (C=O) groups excluding carboxylic acids is 1. The highest BCUT2D eigenvalue weighted by atomic mass is 16.5. The van der Waals surface area contributed by atoms with E-state index >= 15 is 0 Å². The van der Waals surface area contributed by atoms with E-state index in [2.05, 4.69) is 15.3 Å². The summed E-state index contributed by atoms with van der Waals surface area (Å²) in [6, 6.07) is 0.317. The number of hydrogen-bond donors (Lipinski definition) is 2. The van der Waals surface area contributed by atoms with Crippen LogP contribution in [0.25, 0.3) is 0 Å². The molecule has 7 heteroatoms. The predicted molar refractivity (Wildman–Crippen MR) is 66.8 cm³/mol. The van der Waals surface area contributed by atoms with E-state index in [4.69, 9.17) is 9.84 Å². The molecular formula is C12H17N3O4. The zero-order chi connectivity index (χ0) is 14.1. The van der Waals surface area contributed by atoms with Crippen LogP contribution in [0, 0.1) is 0 Å². The lowest BCUT2D eigenvalue weighted by molar-refractivity contribution is -0.136. The number of ether oxygens (including phenoxy) is 1. The molecular weight excluding hydrogens is 250 g/mol. The second-order valence-electron chi connectivity index (χ2n) is 3.80. The van der Waals surface area contributed by atoms with Gasteiger partial charge in [0.1, 0.15) is 0 Å². The molecule has 1 rings (SSSR count). The van der Waals surface area contributed by atoms with Crippen molar-refractivity contribution in [2.75, 3.05) is 13.2 Å². The highest BCUT2D eigenvalue weighted by molar-refractivity contribution is 5.76. The summed E-state index contributed by atoms with van der Waals surface area (Å²) in [6.45, 7) is 2.50. The number of carboxylic acid groups (broad SMARTS) is 1. The molecule has 1 aromatic heterocycles. The lowest BCUT2D eigenvalue weighted by Gasteiger charge is -2.04. The Morgan fingerprint density at radius 2 is 2.00 bits per heavy atom. The molecule has 0 fully saturated rings. The minimum Gasteiger partial charge on any atom is -0.481 e. The lowest BCUT2D eigenvalue weighted by atomic mass is 10.2. The number of nitrogens with zero attached hydrogens (tertiary/aromatic N) is 2. The predicted octanol–water partition coefficient (Wildman–Crippen LogP) is 0.399. The molecule has 0 atom stereocenters. The van der Waals surface area contributed by atoms with E-state index in [-0.39, 0.29) is 25.3 Å². The normalized spacial score (nSPS) is 9.95. The summed E-state index contributed by atoms with van der Waals surface area (Å²) in [7, 11) is 0. The van der Waals surface area contributed by atoms with Crippen molar-refractivity contribution in [3.8, 4) is 6.01 Å². The smallest absolute Gasteiger partial charge is 0.316 e. The second kappa shape index (κ2) is 8.02. The van der Waals surface area contributed by atoms with Crippen molar-refractivity contribution in [3.63, 3.8) is 0 Å². The fraction of sp³-hybridized carbons (Fsp3) is 0.500. The molecule has 0 aromatic carbocycles. The minimum atomic E-state index is -0.930. The molecule has 2 N–H and O–H groups in total. The third-order valence-electron chi connectivity index (χ3n) is 2.26. The first-order valence-electron chi connectivity index (χ1n) is 6.04. The Morgan fingerprint density at radius 1 is 1.32 bits per heavy atom. The second-order valence-corrected chi connectivity index (χ2v) is 3.80. The van der Waals surface area contributed by atoms with Gasteiger partial charge in [0.2, 0.25) is 5.91 Å². The summed E-state index contributed by atoms with van der Waals surface area (Å²) in [4.78, 5) is 29.6. The summed E-state index contributed by atoms with van der Waals surface area (Å²) < 4.78 is 5.10. The largest absolute Gasteiger partial charge is 0.481 e. The number of carboxylic acids is 1. The van der Waals surface area contributed by atoms with E-state index < -0.39 is 5.97 Å². The average Bonchev–Trinajstić information content (AvgIpc) is 2.38. The van der Waals surface area contributed by atoms with E-state index in [9.17, 15) is 9.59 Å². The molecule has 0 aliphatic carbocycles. The number of nitrogens with one attached hydrogen (secondary N) is 1. The Labute approximate surface area is 111 Å². The van der Waals surface area contributed by atoms with Crippen LogP contribution in [0.15, 0.2) is 12.4 Å². The van der Waals surface area contributed by atoms with Crippen molar-refractivity contribution in [2.45, 2.75) is 26.2 Å². The van der Waals surface area contributed by atoms with Gasteiger partial charge in [-0.2, -0.15) is 0 Å². The number of aliphatic carboxylic acids is 1. The molecule has 0 aliphatic rings. The standard InChI is InChI=1S/C12H17N3O4/c1-2-19-12-14-7-9(8-15-12)3-4-10(16)13-6-5-11(17)18/h7-8H,2-6H2,1H3,(H,13,16)(H,17,18). The van der Waals surface area contributed by atoms with Gasteiger partial charge < -0.3 is 15.2 Å². The topological polar surface area (TPSA) is 101 Å². The molecule has 104 valence electrons. The zero-order valence-corrected chi connectivity index (χ0v) is 10.8. The molecule has 1 amide bonds. The molecule has 0 radical (unpaired) electrons. The maximum atomic E-state index is 11.4. The Morgan fingerprint density at radius 3 is 2.58 bits per heavy atom. The van der Waals surface area contributed by atoms with Crippen LogP contribution in [0.1, 0.15) is 25.3 Å². The molecule has 1 aromatic rings. The van der Waals surface area contributed by atoms with Crippen LogP contribution in [0.5, 0.6) is 6.01 Å². The van der Waals surface area contributed by atoms with Crippen molar-refractivity contribution in [1.29, 1.82) is 0 Å². The molecule has 1 heterocycles. The number of aryl methyl sites for hydroxylation is 1. The first-order valence-corrected chi connectivity index (χ1v) is 6.04. The Kier molecular flexibility index (Phi) is 6.28. The minimum absolute atomic E-state index is 0.0715. The fourth-order valence-electron chi connectivity index (χ4n) is 1.33. The SMILES string of the molecule is CCOc1ncc(CCC(=O)NCCC(=O)O)cn1. The summed E-state index contributed by atoms with van der Waals surface area (Å²) in [5.41, 5.74) is 0.830. The molecule has 19 heavy (non-hydrogen) atoms. The molecule has 7 nitrogen and oxygen atoms in total. The van der Waals surface area contributed by atoms with Crippen LogP contribution in [0.2, 0.25) is 0 Å². The highest BCUT2D eigenvalue weighted by Gasteiger charge is 2.04. The van der Waals surface area contributed by atoms with Gasteiger partial charge in [-0.25, -0.2) is 9.97 Å². The molecule has 0 aliphatic heterocycles. The highest BCUT2D eigenvalue weighted by Crippen LogP contribution is 2.04. The third kappa shape index (κ3) is 6.35. The number of amides is 1. The van der Waals surface area contributed by atoms with Gasteiger partial charge in [-0.3, -0.25) is 9.59 Å². The summed E-state index contributed by atoms with van der Waals surface area (Å²) >= 11 is 0. The molecule has 0 unspecified atom stereocenters. The molecule has 0 spiro atoms. The van der Waals surface area contributed by atoms with Crippen molar-refractivity contribution in [2.24, 2.45) is 0 Å². The molecule has 0 saturated heterocycles. The fourth-order valence-corrected chi connectivity index (χ4v) is 1.33. The lowest BCUT2D eigenvalue weighted by Crippen LogP contribution is -2.26. The Bertz CT molecular complexity index is 419. The third-order valence-corrected chi connectivity index (χ3v) is 2.26. The van der Waals surface area contributed by atoms with Crippen LogP contribution in [-0.4, -0.2) is 40.1 Å². The van der Waals surface area contributed by atoms with E-state index in [0.717, 1.165) is 5.56 Å². The zero-order valence-electron chi connectivity index (χ0n) is 10.8. The van der Waals surface area contributed by atoms with E-state index in [1.54, 1.807) is 12.4 Å². The number of aromatic nitrogens is 2. The summed E-state index contributed by atoms with van der Waals surface area (Å²) in [5.74, 6) is -1.12. The van der Waals surface area contributed by atoms with Gasteiger partial charge in [0, 0.05) is 25.4 Å². The van der Waals surface area contributed by atoms with Crippen LogP contribution in [0.4, 0.5) is 0 Å². The Balaban J connectivity index is 2.27.